The van der Waals surface area contributed by atoms with Crippen molar-refractivity contribution in [1.82, 2.24) is 5.32 Å². The van der Waals surface area contributed by atoms with E-state index in [9.17, 15) is 13.2 Å². The summed E-state index contributed by atoms with van der Waals surface area (Å²) in [5, 5.41) is 3.18. The number of benzene rings is 2. The lowest BCUT2D eigenvalue weighted by molar-refractivity contribution is -0.119. The van der Waals surface area contributed by atoms with E-state index in [-0.39, 0.29) is 20.8 Å². The molecular formula is C19H21Cl3N2O3S2. The monoisotopic (exact) mass is 494 g/mol. The Balaban J connectivity index is 1.85. The van der Waals surface area contributed by atoms with Gasteiger partial charge in [-0.15, -0.1) is 0 Å². The van der Waals surface area contributed by atoms with E-state index < -0.39 is 22.5 Å². The molecule has 0 bridgehead atoms. The molecule has 0 heterocycles. The number of carbonyl (C=O) groups excluding carboxylic acids is 1. The van der Waals surface area contributed by atoms with Crippen LogP contribution < -0.4 is 9.62 Å². The smallest absolute Gasteiger partial charge is 0.240 e. The van der Waals surface area contributed by atoms with E-state index in [2.05, 4.69) is 17.4 Å². The molecule has 2 rings (SSSR count). The molecular weight excluding hydrogens is 475 g/mol. The van der Waals surface area contributed by atoms with E-state index in [1.807, 2.05) is 18.2 Å². The van der Waals surface area contributed by atoms with Crippen LogP contribution in [0.1, 0.15) is 12.0 Å². The summed E-state index contributed by atoms with van der Waals surface area (Å²) in [6.45, 7) is 0.0566. The Kier molecular flexibility index (Phi) is 9.43. The Labute approximate surface area is 190 Å². The fraction of sp³-hybridized carbons (Fsp3) is 0.316. The van der Waals surface area contributed by atoms with Crippen LogP contribution in [-0.2, 0) is 20.6 Å². The molecule has 158 valence electrons. The normalized spacial score (nSPS) is 11.3. The maximum absolute atomic E-state index is 12.3. The standard InChI is InChI=1S/C19H21Cl3N2O3S2/c1-29(26,27)24(18-11-16(21)15(20)10-17(18)22)12-19(25)23-8-5-9-28-13-14-6-3-2-4-7-14/h2-4,6-7,10-11H,5,8-9,12-13H2,1H3,(H,23,25). The predicted molar refractivity (Wildman–Crippen MR) is 124 cm³/mol. The van der Waals surface area contributed by atoms with Crippen LogP contribution in [0.25, 0.3) is 0 Å². The van der Waals surface area contributed by atoms with Crippen molar-refractivity contribution in [3.8, 4) is 0 Å². The third-order valence-electron chi connectivity index (χ3n) is 3.85. The lowest BCUT2D eigenvalue weighted by Gasteiger charge is -2.23. The van der Waals surface area contributed by atoms with E-state index in [0.717, 1.165) is 28.5 Å². The predicted octanol–water partition coefficient (Wildman–Crippen LogP) is 4.85. The van der Waals surface area contributed by atoms with Gasteiger partial charge in [-0.1, -0.05) is 65.1 Å². The van der Waals surface area contributed by atoms with Gasteiger partial charge < -0.3 is 5.32 Å². The first-order valence-electron chi connectivity index (χ1n) is 8.69. The number of hydrogen-bond acceptors (Lipinski definition) is 4. The molecule has 0 saturated heterocycles. The van der Waals surface area contributed by atoms with Gasteiger partial charge in [0.2, 0.25) is 15.9 Å². The zero-order valence-corrected chi connectivity index (χ0v) is 19.6. The number of thioether (sulfide) groups is 1. The number of rotatable bonds is 10. The minimum Gasteiger partial charge on any atom is -0.354 e. The third-order valence-corrected chi connectivity index (χ3v) is 7.11. The largest absolute Gasteiger partial charge is 0.354 e. The summed E-state index contributed by atoms with van der Waals surface area (Å²) in [6, 6.07) is 12.8. The molecule has 0 spiro atoms. The van der Waals surface area contributed by atoms with Crippen LogP contribution in [0.3, 0.4) is 0 Å². The van der Waals surface area contributed by atoms with Crippen LogP contribution in [0.4, 0.5) is 5.69 Å². The summed E-state index contributed by atoms with van der Waals surface area (Å²) < 4.78 is 25.3. The van der Waals surface area contributed by atoms with Gasteiger partial charge in [0.25, 0.3) is 0 Å². The molecule has 29 heavy (non-hydrogen) atoms. The highest BCUT2D eigenvalue weighted by Crippen LogP contribution is 2.35. The van der Waals surface area contributed by atoms with Gasteiger partial charge in [0.05, 0.1) is 27.0 Å². The molecule has 1 amide bonds. The molecule has 2 aromatic rings. The molecule has 0 fully saturated rings. The van der Waals surface area contributed by atoms with Gasteiger partial charge in [-0.05, 0) is 29.9 Å². The van der Waals surface area contributed by atoms with Crippen molar-refractivity contribution >= 4 is 68.2 Å². The van der Waals surface area contributed by atoms with Crippen molar-refractivity contribution < 1.29 is 13.2 Å². The quantitative estimate of drug-likeness (QED) is 0.378. The summed E-state index contributed by atoms with van der Waals surface area (Å²) in [6.07, 6.45) is 1.77. The first kappa shape index (κ1) is 24.2. The average Bonchev–Trinajstić information content (AvgIpc) is 2.66. The van der Waals surface area contributed by atoms with Crippen LogP contribution in [0.15, 0.2) is 42.5 Å². The molecule has 0 saturated carbocycles. The number of halogens is 3. The molecule has 0 unspecified atom stereocenters. The van der Waals surface area contributed by atoms with E-state index in [0.29, 0.717) is 6.54 Å². The van der Waals surface area contributed by atoms with Crippen molar-refractivity contribution in [3.05, 3.63) is 63.1 Å². The summed E-state index contributed by atoms with van der Waals surface area (Å²) >= 11 is 19.8. The second-order valence-electron chi connectivity index (χ2n) is 6.23. The number of nitrogens with one attached hydrogen (secondary N) is 1. The highest BCUT2D eigenvalue weighted by molar-refractivity contribution is 7.98. The molecule has 2 aromatic carbocycles. The minimum atomic E-state index is -3.75. The summed E-state index contributed by atoms with van der Waals surface area (Å²) in [4.78, 5) is 12.3. The second-order valence-corrected chi connectivity index (χ2v) is 10.5. The Morgan fingerprint density at radius 3 is 2.38 bits per heavy atom. The summed E-state index contributed by atoms with van der Waals surface area (Å²) in [5.74, 6) is 1.36. The van der Waals surface area contributed by atoms with Crippen molar-refractivity contribution in [3.63, 3.8) is 0 Å². The molecule has 0 radical (unpaired) electrons. The highest BCUT2D eigenvalue weighted by Gasteiger charge is 2.24. The zero-order chi connectivity index (χ0) is 21.4. The van der Waals surface area contributed by atoms with E-state index in [1.54, 1.807) is 11.8 Å². The number of nitrogens with zero attached hydrogens (tertiary/aromatic N) is 1. The van der Waals surface area contributed by atoms with Crippen LogP contribution in [0.5, 0.6) is 0 Å². The fourth-order valence-corrected chi connectivity index (χ4v) is 4.91. The highest BCUT2D eigenvalue weighted by atomic mass is 35.5. The topological polar surface area (TPSA) is 66.5 Å². The number of sulfonamides is 1. The Morgan fingerprint density at radius 2 is 1.72 bits per heavy atom. The van der Waals surface area contributed by atoms with Gasteiger partial charge in [0.15, 0.2) is 0 Å². The summed E-state index contributed by atoms with van der Waals surface area (Å²) in [7, 11) is -3.75. The SMILES string of the molecule is CS(=O)(=O)N(CC(=O)NCCCSCc1ccccc1)c1cc(Cl)c(Cl)cc1Cl. The van der Waals surface area contributed by atoms with Crippen molar-refractivity contribution in [2.75, 3.05) is 29.4 Å². The maximum Gasteiger partial charge on any atom is 0.240 e. The Bertz CT molecular complexity index is 941. The van der Waals surface area contributed by atoms with Crippen molar-refractivity contribution in [2.24, 2.45) is 0 Å². The molecule has 0 aliphatic heterocycles. The molecule has 0 aromatic heterocycles. The lowest BCUT2D eigenvalue weighted by atomic mass is 10.2. The van der Waals surface area contributed by atoms with Crippen LogP contribution >= 0.6 is 46.6 Å². The van der Waals surface area contributed by atoms with Crippen LogP contribution in [-0.4, -0.2) is 39.4 Å². The van der Waals surface area contributed by atoms with Gasteiger partial charge in [-0.25, -0.2) is 8.42 Å². The summed E-state index contributed by atoms with van der Waals surface area (Å²) in [5.41, 5.74) is 1.36. The van der Waals surface area contributed by atoms with Crippen LogP contribution in [0.2, 0.25) is 15.1 Å². The molecule has 5 nitrogen and oxygen atoms in total. The Hall–Kier alpha value is -1.12. The van der Waals surface area contributed by atoms with Gasteiger partial charge in [-0.3, -0.25) is 9.10 Å². The molecule has 0 atom stereocenters. The van der Waals surface area contributed by atoms with E-state index >= 15 is 0 Å². The third kappa shape index (κ3) is 7.90. The van der Waals surface area contributed by atoms with Gasteiger partial charge in [0.1, 0.15) is 6.54 Å². The molecule has 0 aliphatic rings. The Morgan fingerprint density at radius 1 is 1.07 bits per heavy atom. The fourth-order valence-electron chi connectivity index (χ4n) is 2.44. The molecule has 0 aliphatic carbocycles. The van der Waals surface area contributed by atoms with Gasteiger partial charge in [-0.2, -0.15) is 11.8 Å². The first-order valence-corrected chi connectivity index (χ1v) is 12.8. The van der Waals surface area contributed by atoms with E-state index in [4.69, 9.17) is 34.8 Å². The minimum absolute atomic E-state index is 0.0925. The number of carbonyl (C=O) groups is 1. The first-order chi connectivity index (χ1) is 13.7. The molecule has 1 N–H and O–H groups in total. The maximum atomic E-state index is 12.3. The van der Waals surface area contributed by atoms with E-state index in [1.165, 1.54) is 17.7 Å². The van der Waals surface area contributed by atoms with Crippen LogP contribution in [0, 0.1) is 0 Å². The molecule has 10 heteroatoms. The van der Waals surface area contributed by atoms with Crippen molar-refractivity contribution in [2.45, 2.75) is 12.2 Å². The number of anilines is 1. The second kappa shape index (κ2) is 11.3. The number of amides is 1. The number of hydrogen-bond donors (Lipinski definition) is 1. The average molecular weight is 496 g/mol. The van der Waals surface area contributed by atoms with Gasteiger partial charge in [0, 0.05) is 12.3 Å². The zero-order valence-electron chi connectivity index (χ0n) is 15.7. The lowest BCUT2D eigenvalue weighted by Crippen LogP contribution is -2.40. The van der Waals surface area contributed by atoms with Crippen molar-refractivity contribution in [1.29, 1.82) is 0 Å². The van der Waals surface area contributed by atoms with Gasteiger partial charge >= 0.3 is 0 Å².